The number of hydrogen-bond donors (Lipinski definition) is 1. The Kier molecular flexibility index (Phi) is 5.29. The number of halogens is 1. The van der Waals surface area contributed by atoms with E-state index in [1.165, 1.54) is 0 Å². The molecule has 0 saturated heterocycles. The number of nitrogens with zero attached hydrogens (tertiary/aromatic N) is 1. The molecule has 3 heteroatoms. The second-order valence-corrected chi connectivity index (χ2v) is 5.96. The van der Waals surface area contributed by atoms with Gasteiger partial charge in [-0.15, -0.1) is 0 Å². The summed E-state index contributed by atoms with van der Waals surface area (Å²) in [5.41, 5.74) is 1.62. The first-order valence-corrected chi connectivity index (χ1v) is 6.47. The highest BCUT2D eigenvalue weighted by molar-refractivity contribution is 5.24. The maximum Gasteiger partial charge on any atom is 0.130 e. The van der Waals surface area contributed by atoms with Gasteiger partial charge in [-0.05, 0) is 40.3 Å². The number of hydrogen-bond acceptors (Lipinski definition) is 2. The average molecular weight is 252 g/mol. The molecule has 1 aromatic rings. The molecular formula is C15H25FN2. The fraction of sp³-hybridized carbons (Fsp3) is 0.600. The van der Waals surface area contributed by atoms with E-state index in [2.05, 4.69) is 31.0 Å². The van der Waals surface area contributed by atoms with Crippen molar-refractivity contribution in [2.45, 2.75) is 39.8 Å². The summed E-state index contributed by atoms with van der Waals surface area (Å²) in [6, 6.07) is 5.57. The monoisotopic (exact) mass is 252 g/mol. The molecule has 0 amide bonds. The SMILES string of the molecule is Cc1cccc(CN(C)CCNC(C)(C)C)c1F. The van der Waals surface area contributed by atoms with Gasteiger partial charge >= 0.3 is 0 Å². The van der Waals surface area contributed by atoms with Crippen LogP contribution in [0.4, 0.5) is 4.39 Å². The smallest absolute Gasteiger partial charge is 0.130 e. The van der Waals surface area contributed by atoms with E-state index in [4.69, 9.17) is 0 Å². The second kappa shape index (κ2) is 6.30. The molecule has 0 aliphatic carbocycles. The van der Waals surface area contributed by atoms with Crippen molar-refractivity contribution in [1.29, 1.82) is 0 Å². The van der Waals surface area contributed by atoms with Crippen molar-refractivity contribution >= 4 is 0 Å². The molecule has 0 heterocycles. The third kappa shape index (κ3) is 5.15. The Morgan fingerprint density at radius 1 is 1.28 bits per heavy atom. The zero-order valence-electron chi connectivity index (χ0n) is 12.2. The van der Waals surface area contributed by atoms with Crippen LogP contribution in [-0.4, -0.2) is 30.6 Å². The lowest BCUT2D eigenvalue weighted by molar-refractivity contribution is 0.299. The highest BCUT2D eigenvalue weighted by Crippen LogP contribution is 2.13. The van der Waals surface area contributed by atoms with Crippen molar-refractivity contribution in [1.82, 2.24) is 10.2 Å². The Morgan fingerprint density at radius 3 is 2.56 bits per heavy atom. The lowest BCUT2D eigenvalue weighted by Gasteiger charge is -2.23. The van der Waals surface area contributed by atoms with E-state index >= 15 is 0 Å². The van der Waals surface area contributed by atoms with Crippen LogP contribution >= 0.6 is 0 Å². The molecule has 0 aliphatic heterocycles. The molecular weight excluding hydrogens is 227 g/mol. The molecule has 0 unspecified atom stereocenters. The van der Waals surface area contributed by atoms with E-state index in [9.17, 15) is 4.39 Å². The fourth-order valence-corrected chi connectivity index (χ4v) is 1.82. The van der Waals surface area contributed by atoms with Crippen LogP contribution in [0.5, 0.6) is 0 Å². The summed E-state index contributed by atoms with van der Waals surface area (Å²) in [4.78, 5) is 2.14. The van der Waals surface area contributed by atoms with Crippen molar-refractivity contribution in [3.8, 4) is 0 Å². The van der Waals surface area contributed by atoms with Crippen LogP contribution in [0.2, 0.25) is 0 Å². The summed E-state index contributed by atoms with van der Waals surface area (Å²) in [5, 5.41) is 3.43. The number of rotatable bonds is 5. The van der Waals surface area contributed by atoms with Gasteiger partial charge in [0, 0.05) is 30.7 Å². The normalized spacial score (nSPS) is 12.2. The third-order valence-corrected chi connectivity index (χ3v) is 2.86. The van der Waals surface area contributed by atoms with Gasteiger partial charge in [-0.3, -0.25) is 0 Å². The lowest BCUT2D eigenvalue weighted by atomic mass is 10.1. The van der Waals surface area contributed by atoms with Gasteiger partial charge < -0.3 is 10.2 Å². The van der Waals surface area contributed by atoms with E-state index < -0.39 is 0 Å². The van der Waals surface area contributed by atoms with E-state index in [-0.39, 0.29) is 11.4 Å². The molecule has 0 saturated carbocycles. The van der Waals surface area contributed by atoms with Crippen LogP contribution < -0.4 is 5.32 Å². The average Bonchev–Trinajstić information content (AvgIpc) is 2.23. The minimum absolute atomic E-state index is 0.0758. The molecule has 1 N–H and O–H groups in total. The molecule has 102 valence electrons. The molecule has 0 aromatic heterocycles. The molecule has 0 fully saturated rings. The second-order valence-electron chi connectivity index (χ2n) is 5.96. The van der Waals surface area contributed by atoms with Crippen molar-refractivity contribution in [3.05, 3.63) is 35.1 Å². The quantitative estimate of drug-likeness (QED) is 0.866. The zero-order chi connectivity index (χ0) is 13.8. The molecule has 0 aliphatic rings. The summed E-state index contributed by atoms with van der Waals surface area (Å²) in [6.07, 6.45) is 0. The molecule has 1 aromatic carbocycles. The van der Waals surface area contributed by atoms with Crippen molar-refractivity contribution < 1.29 is 4.39 Å². The van der Waals surface area contributed by atoms with Gasteiger partial charge in [0.1, 0.15) is 5.82 Å². The zero-order valence-corrected chi connectivity index (χ0v) is 12.2. The summed E-state index contributed by atoms with van der Waals surface area (Å²) < 4.78 is 13.8. The molecule has 0 atom stereocenters. The van der Waals surface area contributed by atoms with E-state index in [1.54, 1.807) is 13.0 Å². The van der Waals surface area contributed by atoms with Crippen LogP contribution in [0.25, 0.3) is 0 Å². The Balaban J connectivity index is 2.45. The van der Waals surface area contributed by atoms with E-state index in [0.29, 0.717) is 12.1 Å². The first-order valence-electron chi connectivity index (χ1n) is 6.47. The number of aryl methyl sites for hydroxylation is 1. The fourth-order valence-electron chi connectivity index (χ4n) is 1.82. The third-order valence-electron chi connectivity index (χ3n) is 2.86. The Hall–Kier alpha value is -0.930. The van der Waals surface area contributed by atoms with Gasteiger partial charge in [-0.1, -0.05) is 18.2 Å². The number of benzene rings is 1. The Bertz CT molecular complexity index is 383. The molecule has 18 heavy (non-hydrogen) atoms. The number of likely N-dealkylation sites (N-methyl/N-ethyl adjacent to an activating group) is 1. The van der Waals surface area contributed by atoms with Crippen molar-refractivity contribution in [2.24, 2.45) is 0 Å². The minimum atomic E-state index is -0.0758. The topological polar surface area (TPSA) is 15.3 Å². The van der Waals surface area contributed by atoms with Gasteiger partial charge in [0.2, 0.25) is 0 Å². The van der Waals surface area contributed by atoms with Gasteiger partial charge in [0.05, 0.1) is 0 Å². The number of nitrogens with one attached hydrogen (secondary N) is 1. The first-order chi connectivity index (χ1) is 8.29. The van der Waals surface area contributed by atoms with Gasteiger partial charge in [-0.25, -0.2) is 4.39 Å². The lowest BCUT2D eigenvalue weighted by Crippen LogP contribution is -2.40. The van der Waals surface area contributed by atoms with Crippen LogP contribution in [0.1, 0.15) is 31.9 Å². The van der Waals surface area contributed by atoms with Crippen LogP contribution in [-0.2, 0) is 6.54 Å². The molecule has 0 spiro atoms. The Morgan fingerprint density at radius 2 is 1.94 bits per heavy atom. The van der Waals surface area contributed by atoms with Crippen LogP contribution in [0.15, 0.2) is 18.2 Å². The summed E-state index contributed by atoms with van der Waals surface area (Å²) in [7, 11) is 2.02. The van der Waals surface area contributed by atoms with Gasteiger partial charge in [0.25, 0.3) is 0 Å². The largest absolute Gasteiger partial charge is 0.311 e. The summed E-state index contributed by atoms with van der Waals surface area (Å²) >= 11 is 0. The molecule has 2 nitrogen and oxygen atoms in total. The molecule has 0 radical (unpaired) electrons. The van der Waals surface area contributed by atoms with E-state index in [0.717, 1.165) is 18.7 Å². The predicted molar refractivity (Wildman–Crippen MR) is 75.2 cm³/mol. The van der Waals surface area contributed by atoms with Crippen LogP contribution in [0.3, 0.4) is 0 Å². The predicted octanol–water partition coefficient (Wildman–Crippen LogP) is 2.95. The van der Waals surface area contributed by atoms with Crippen molar-refractivity contribution in [2.75, 3.05) is 20.1 Å². The standard InChI is InChI=1S/C15H25FN2/c1-12-7-6-8-13(14(12)16)11-18(5)10-9-17-15(2,3)4/h6-8,17H,9-11H2,1-5H3. The summed E-state index contributed by atoms with van der Waals surface area (Å²) in [6.45, 7) is 10.7. The highest BCUT2D eigenvalue weighted by atomic mass is 19.1. The van der Waals surface area contributed by atoms with Crippen molar-refractivity contribution in [3.63, 3.8) is 0 Å². The van der Waals surface area contributed by atoms with Crippen LogP contribution in [0, 0.1) is 12.7 Å². The Labute approximate surface area is 110 Å². The minimum Gasteiger partial charge on any atom is -0.311 e. The van der Waals surface area contributed by atoms with Gasteiger partial charge in [-0.2, -0.15) is 0 Å². The maximum absolute atomic E-state index is 13.8. The summed E-state index contributed by atoms with van der Waals surface area (Å²) in [5.74, 6) is -0.0758. The van der Waals surface area contributed by atoms with Gasteiger partial charge in [0.15, 0.2) is 0 Å². The van der Waals surface area contributed by atoms with E-state index in [1.807, 2.05) is 19.2 Å². The maximum atomic E-state index is 13.8. The first kappa shape index (κ1) is 15.1. The molecule has 1 rings (SSSR count). The molecule has 0 bridgehead atoms. The highest BCUT2D eigenvalue weighted by Gasteiger charge is 2.10.